The molecule has 0 spiro atoms. The molecule has 3 N–H and O–H groups in total. The maximum Gasteiger partial charge on any atom is 0.323 e. The Hall–Kier alpha value is -2.95. The lowest BCUT2D eigenvalue weighted by Gasteiger charge is -2.11. The van der Waals surface area contributed by atoms with E-state index in [1.165, 1.54) is 0 Å². The zero-order valence-corrected chi connectivity index (χ0v) is 14.6. The van der Waals surface area contributed by atoms with E-state index >= 15 is 0 Å². The average Bonchev–Trinajstić information content (AvgIpc) is 3.11. The molecule has 2 amide bonds. The normalized spacial score (nSPS) is 13.1. The Morgan fingerprint density at radius 3 is 2.48 bits per heavy atom. The van der Waals surface area contributed by atoms with Gasteiger partial charge in [0.05, 0.1) is 0 Å². The second-order valence-corrected chi connectivity index (χ2v) is 6.05. The summed E-state index contributed by atoms with van der Waals surface area (Å²) in [5, 5.41) is 8.84. The zero-order chi connectivity index (χ0) is 17.6. The number of anilines is 2. The van der Waals surface area contributed by atoms with Gasteiger partial charge in [-0.05, 0) is 62.1 Å². The second-order valence-electron chi connectivity index (χ2n) is 6.05. The number of nitrogens with one attached hydrogen (secondary N) is 3. The van der Waals surface area contributed by atoms with Crippen molar-refractivity contribution in [3.8, 4) is 11.5 Å². The van der Waals surface area contributed by atoms with Crippen molar-refractivity contribution in [1.29, 1.82) is 0 Å². The fourth-order valence-corrected chi connectivity index (χ4v) is 2.77. The molecular formula is C20H23N3O2. The average molecular weight is 337 g/mol. The Kier molecular flexibility index (Phi) is 5.23. The number of aryl methyl sites for hydroxylation is 1. The van der Waals surface area contributed by atoms with Gasteiger partial charge in [0.25, 0.3) is 0 Å². The van der Waals surface area contributed by atoms with Crippen molar-refractivity contribution in [1.82, 2.24) is 5.32 Å². The molecule has 0 saturated heterocycles. The highest BCUT2D eigenvalue weighted by atomic mass is 16.5. The lowest BCUT2D eigenvalue weighted by atomic mass is 10.2. The van der Waals surface area contributed by atoms with Crippen LogP contribution in [-0.4, -0.2) is 13.1 Å². The van der Waals surface area contributed by atoms with E-state index in [-0.39, 0.29) is 6.03 Å². The van der Waals surface area contributed by atoms with Crippen molar-refractivity contribution in [2.45, 2.75) is 26.2 Å². The van der Waals surface area contributed by atoms with Crippen LogP contribution < -0.4 is 20.7 Å². The van der Waals surface area contributed by atoms with Gasteiger partial charge in [-0.3, -0.25) is 0 Å². The molecule has 0 atom stereocenters. The van der Waals surface area contributed by atoms with Crippen LogP contribution >= 0.6 is 0 Å². The van der Waals surface area contributed by atoms with Gasteiger partial charge in [0.2, 0.25) is 0 Å². The number of amides is 2. The minimum Gasteiger partial charge on any atom is -0.457 e. The van der Waals surface area contributed by atoms with Crippen molar-refractivity contribution in [2.24, 2.45) is 0 Å². The maximum atomic E-state index is 11.9. The number of benzene rings is 2. The highest BCUT2D eigenvalue weighted by Crippen LogP contribution is 2.27. The van der Waals surface area contributed by atoms with E-state index in [0.717, 1.165) is 53.4 Å². The molecule has 0 bridgehead atoms. The summed E-state index contributed by atoms with van der Waals surface area (Å²) in [7, 11) is 1.89. The van der Waals surface area contributed by atoms with Gasteiger partial charge in [0.1, 0.15) is 11.5 Å². The number of carbonyl (C=O) groups excluding carboxylic acids is 1. The molecule has 0 heterocycles. The predicted octanol–water partition coefficient (Wildman–Crippen LogP) is 5.02. The molecular weight excluding hydrogens is 314 g/mol. The van der Waals surface area contributed by atoms with Crippen LogP contribution in [0, 0.1) is 6.92 Å². The Bertz CT molecular complexity index is 782. The number of hydrogen-bond acceptors (Lipinski definition) is 3. The quantitative estimate of drug-likeness (QED) is 0.718. The van der Waals surface area contributed by atoms with Gasteiger partial charge >= 0.3 is 6.03 Å². The summed E-state index contributed by atoms with van der Waals surface area (Å²) in [6.07, 6.45) is 5.15. The molecule has 2 aromatic rings. The second kappa shape index (κ2) is 7.75. The molecule has 2 aromatic carbocycles. The maximum absolute atomic E-state index is 11.9. The molecule has 1 aliphatic rings. The summed E-state index contributed by atoms with van der Waals surface area (Å²) in [5.41, 5.74) is 3.92. The first-order valence-electron chi connectivity index (χ1n) is 8.47. The van der Waals surface area contributed by atoms with Gasteiger partial charge in [0, 0.05) is 30.2 Å². The van der Waals surface area contributed by atoms with Crippen molar-refractivity contribution in [3.05, 3.63) is 59.8 Å². The molecule has 25 heavy (non-hydrogen) atoms. The molecule has 1 aliphatic carbocycles. The highest BCUT2D eigenvalue weighted by molar-refractivity contribution is 5.90. The number of ether oxygens (including phenoxy) is 1. The third kappa shape index (κ3) is 4.53. The highest BCUT2D eigenvalue weighted by Gasteiger charge is 2.08. The van der Waals surface area contributed by atoms with E-state index < -0.39 is 0 Å². The third-order valence-electron chi connectivity index (χ3n) is 4.14. The summed E-state index contributed by atoms with van der Waals surface area (Å²) in [5.74, 6) is 1.48. The molecule has 130 valence electrons. The topological polar surface area (TPSA) is 62.4 Å². The summed E-state index contributed by atoms with van der Waals surface area (Å²) in [4.78, 5) is 11.9. The van der Waals surface area contributed by atoms with Crippen LogP contribution in [0.25, 0.3) is 0 Å². The van der Waals surface area contributed by atoms with E-state index in [1.54, 1.807) is 0 Å². The van der Waals surface area contributed by atoms with E-state index in [4.69, 9.17) is 4.74 Å². The van der Waals surface area contributed by atoms with Crippen LogP contribution in [0.1, 0.15) is 24.8 Å². The Balaban J connectivity index is 1.59. The van der Waals surface area contributed by atoms with Crippen LogP contribution in [0.2, 0.25) is 0 Å². The molecule has 5 nitrogen and oxygen atoms in total. The Morgan fingerprint density at radius 1 is 1.04 bits per heavy atom. The molecule has 0 unspecified atom stereocenters. The van der Waals surface area contributed by atoms with Crippen LogP contribution in [0.5, 0.6) is 11.5 Å². The van der Waals surface area contributed by atoms with Gasteiger partial charge in [-0.25, -0.2) is 4.79 Å². The number of urea groups is 1. The van der Waals surface area contributed by atoms with Crippen LogP contribution in [0.4, 0.5) is 16.2 Å². The smallest absolute Gasteiger partial charge is 0.323 e. The number of allylic oxidation sites excluding steroid dienone is 2. The molecule has 0 radical (unpaired) electrons. The number of rotatable bonds is 5. The number of hydrogen-bond donors (Lipinski definition) is 3. The fourth-order valence-electron chi connectivity index (χ4n) is 2.77. The zero-order valence-electron chi connectivity index (χ0n) is 14.6. The molecule has 0 aliphatic heterocycles. The summed E-state index contributed by atoms with van der Waals surface area (Å²) in [6.45, 7) is 2.04. The van der Waals surface area contributed by atoms with E-state index in [2.05, 4.69) is 22.0 Å². The molecule has 3 rings (SSSR count). The SMILES string of the molecule is CNc1cc(Oc2ccc(NC(=O)NC3=CCCC3)cc2)ccc1C. The molecule has 0 fully saturated rings. The first-order chi connectivity index (χ1) is 12.1. The Morgan fingerprint density at radius 2 is 1.80 bits per heavy atom. The lowest BCUT2D eigenvalue weighted by Crippen LogP contribution is -2.27. The Labute approximate surface area is 148 Å². The van der Waals surface area contributed by atoms with E-state index in [9.17, 15) is 4.79 Å². The molecule has 0 aromatic heterocycles. The van der Waals surface area contributed by atoms with Crippen molar-refractivity contribution in [3.63, 3.8) is 0 Å². The van der Waals surface area contributed by atoms with Gasteiger partial charge in [-0.1, -0.05) is 12.1 Å². The monoisotopic (exact) mass is 337 g/mol. The fraction of sp³-hybridized carbons (Fsp3) is 0.250. The van der Waals surface area contributed by atoms with Crippen LogP contribution in [-0.2, 0) is 0 Å². The van der Waals surface area contributed by atoms with Crippen LogP contribution in [0.15, 0.2) is 54.2 Å². The van der Waals surface area contributed by atoms with Gasteiger partial charge in [-0.2, -0.15) is 0 Å². The van der Waals surface area contributed by atoms with Crippen molar-refractivity contribution < 1.29 is 9.53 Å². The summed E-state index contributed by atoms with van der Waals surface area (Å²) >= 11 is 0. The number of carbonyl (C=O) groups is 1. The van der Waals surface area contributed by atoms with Gasteiger partial charge in [0.15, 0.2) is 0 Å². The van der Waals surface area contributed by atoms with Crippen LogP contribution in [0.3, 0.4) is 0 Å². The predicted molar refractivity (Wildman–Crippen MR) is 101 cm³/mol. The minimum absolute atomic E-state index is 0.209. The molecule has 5 heteroatoms. The van der Waals surface area contributed by atoms with E-state index in [0.29, 0.717) is 0 Å². The standard InChI is InChI=1S/C20H23N3O2/c1-14-7-10-18(13-19(14)21-2)25-17-11-8-16(9-12-17)23-20(24)22-15-5-3-4-6-15/h5,7-13,21H,3-4,6H2,1-2H3,(H2,22,23,24). The summed E-state index contributed by atoms with van der Waals surface area (Å²) in [6, 6.07) is 13.0. The van der Waals surface area contributed by atoms with Gasteiger partial charge in [-0.15, -0.1) is 0 Å². The first-order valence-corrected chi connectivity index (χ1v) is 8.47. The van der Waals surface area contributed by atoms with E-state index in [1.807, 2.05) is 56.4 Å². The lowest BCUT2D eigenvalue weighted by molar-refractivity contribution is 0.254. The third-order valence-corrected chi connectivity index (χ3v) is 4.14. The molecule has 0 saturated carbocycles. The largest absolute Gasteiger partial charge is 0.457 e. The minimum atomic E-state index is -0.209. The van der Waals surface area contributed by atoms with Gasteiger partial charge < -0.3 is 20.7 Å². The first kappa shape index (κ1) is 16.9. The summed E-state index contributed by atoms with van der Waals surface area (Å²) < 4.78 is 5.87. The van der Waals surface area contributed by atoms with Crippen molar-refractivity contribution >= 4 is 17.4 Å². The van der Waals surface area contributed by atoms with Crippen molar-refractivity contribution in [2.75, 3.05) is 17.7 Å².